The zero-order chi connectivity index (χ0) is 20.8. The zero-order valence-electron chi connectivity index (χ0n) is 16.2. The Balaban J connectivity index is 1.08. The van der Waals surface area contributed by atoms with E-state index in [-0.39, 0.29) is 18.6 Å². The van der Waals surface area contributed by atoms with Crippen LogP contribution in [0.3, 0.4) is 0 Å². The second kappa shape index (κ2) is 7.05. The maximum Gasteiger partial charge on any atom is 0.417 e. The molecular weight excluding hydrogens is 392 g/mol. The lowest BCUT2D eigenvalue weighted by molar-refractivity contribution is 0.0925. The van der Waals surface area contributed by atoms with Gasteiger partial charge in [0, 0.05) is 31.3 Å². The van der Waals surface area contributed by atoms with Crippen LogP contribution < -0.4 is 11.1 Å². The second-order valence-corrected chi connectivity index (χ2v) is 7.82. The molecule has 1 saturated carbocycles. The molecule has 1 aromatic carbocycles. The van der Waals surface area contributed by atoms with E-state index in [1.54, 1.807) is 36.1 Å². The zero-order valence-corrected chi connectivity index (χ0v) is 16.2. The molecule has 10 heteroatoms. The number of nitrogens with one attached hydrogen (secondary N) is 2. The average Bonchev–Trinajstić information content (AvgIpc) is 3.13. The molecule has 1 saturated heterocycles. The SMILES string of the molecule is Cc1cc(COC(=O)N2C[C@@H]3C(CNC(=O)c4ccc5[nH]c(=O)oc5c4)[C@@H]3C2)no1. The van der Waals surface area contributed by atoms with E-state index >= 15 is 0 Å². The van der Waals surface area contributed by atoms with E-state index in [1.807, 2.05) is 0 Å². The highest BCUT2D eigenvalue weighted by atomic mass is 16.6. The highest BCUT2D eigenvalue weighted by molar-refractivity contribution is 5.97. The maximum absolute atomic E-state index is 12.4. The number of hydrogen-bond donors (Lipinski definition) is 2. The second-order valence-electron chi connectivity index (χ2n) is 7.82. The Morgan fingerprint density at radius 2 is 2.10 bits per heavy atom. The number of amides is 2. The van der Waals surface area contributed by atoms with Gasteiger partial charge in [0.2, 0.25) is 0 Å². The van der Waals surface area contributed by atoms with Crippen LogP contribution in [-0.2, 0) is 11.3 Å². The molecular formula is C20H20N4O6. The van der Waals surface area contributed by atoms with Gasteiger partial charge in [0.25, 0.3) is 5.91 Å². The van der Waals surface area contributed by atoms with Crippen molar-refractivity contribution in [3.8, 4) is 0 Å². The molecule has 3 aromatic rings. The maximum atomic E-state index is 12.4. The Bertz CT molecular complexity index is 1170. The highest BCUT2D eigenvalue weighted by Crippen LogP contribution is 2.51. The molecule has 3 heterocycles. The fraction of sp³-hybridized carbons (Fsp3) is 0.400. The number of rotatable bonds is 5. The molecule has 2 fully saturated rings. The normalized spacial score (nSPS) is 22.2. The number of nitrogens with zero attached hydrogens (tertiary/aromatic N) is 2. The Kier molecular flexibility index (Phi) is 4.34. The number of ether oxygens (including phenoxy) is 1. The first-order valence-corrected chi connectivity index (χ1v) is 9.73. The minimum atomic E-state index is -0.549. The number of aromatic amines is 1. The number of piperidine rings is 1. The van der Waals surface area contributed by atoms with Gasteiger partial charge < -0.3 is 23.9 Å². The molecule has 3 atom stereocenters. The molecule has 2 aromatic heterocycles. The topological polar surface area (TPSA) is 131 Å². The number of benzene rings is 1. The van der Waals surface area contributed by atoms with Crippen LogP contribution in [0.4, 0.5) is 4.79 Å². The third kappa shape index (κ3) is 3.44. The van der Waals surface area contributed by atoms with E-state index in [9.17, 15) is 14.4 Å². The minimum absolute atomic E-state index is 0.0904. The molecule has 0 radical (unpaired) electrons. The number of carbonyl (C=O) groups is 2. The van der Waals surface area contributed by atoms with Crippen molar-refractivity contribution in [1.82, 2.24) is 20.4 Å². The number of H-pyrrole nitrogens is 1. The summed E-state index contributed by atoms with van der Waals surface area (Å²) in [5.74, 6) is 1.00. The molecule has 1 aliphatic carbocycles. The molecule has 5 rings (SSSR count). The fourth-order valence-electron chi connectivity index (χ4n) is 4.21. The lowest BCUT2D eigenvalue weighted by Gasteiger charge is -2.19. The summed E-state index contributed by atoms with van der Waals surface area (Å²) in [4.78, 5) is 40.1. The molecule has 2 aliphatic rings. The molecule has 0 spiro atoms. The summed E-state index contributed by atoms with van der Waals surface area (Å²) >= 11 is 0. The van der Waals surface area contributed by atoms with Crippen molar-refractivity contribution >= 4 is 23.1 Å². The summed E-state index contributed by atoms with van der Waals surface area (Å²) < 4.78 is 15.2. The van der Waals surface area contributed by atoms with Gasteiger partial charge in [-0.3, -0.25) is 9.78 Å². The van der Waals surface area contributed by atoms with Crippen molar-refractivity contribution in [2.24, 2.45) is 17.8 Å². The summed E-state index contributed by atoms with van der Waals surface area (Å²) in [7, 11) is 0. The minimum Gasteiger partial charge on any atom is -0.443 e. The van der Waals surface area contributed by atoms with Crippen molar-refractivity contribution in [1.29, 1.82) is 0 Å². The Hall–Kier alpha value is -3.56. The first kappa shape index (κ1) is 18.5. The van der Waals surface area contributed by atoms with Crippen LogP contribution in [0.2, 0.25) is 0 Å². The molecule has 2 N–H and O–H groups in total. The van der Waals surface area contributed by atoms with Crippen LogP contribution in [0.1, 0.15) is 21.8 Å². The fourth-order valence-corrected chi connectivity index (χ4v) is 4.21. The van der Waals surface area contributed by atoms with Crippen molar-refractivity contribution in [2.45, 2.75) is 13.5 Å². The van der Waals surface area contributed by atoms with E-state index < -0.39 is 5.76 Å². The van der Waals surface area contributed by atoms with E-state index in [0.717, 1.165) is 0 Å². The monoisotopic (exact) mass is 412 g/mol. The van der Waals surface area contributed by atoms with Gasteiger partial charge in [-0.25, -0.2) is 9.59 Å². The van der Waals surface area contributed by atoms with Gasteiger partial charge >= 0.3 is 11.8 Å². The van der Waals surface area contributed by atoms with E-state index in [4.69, 9.17) is 13.7 Å². The summed E-state index contributed by atoms with van der Waals surface area (Å²) in [6, 6.07) is 6.56. The molecule has 30 heavy (non-hydrogen) atoms. The van der Waals surface area contributed by atoms with Crippen molar-refractivity contribution in [3.63, 3.8) is 0 Å². The van der Waals surface area contributed by atoms with Gasteiger partial charge in [0.15, 0.2) is 5.58 Å². The summed E-state index contributed by atoms with van der Waals surface area (Å²) in [5, 5.41) is 6.73. The molecule has 156 valence electrons. The average molecular weight is 412 g/mol. The number of aromatic nitrogens is 2. The summed E-state index contributed by atoms with van der Waals surface area (Å²) in [6.45, 7) is 3.67. The van der Waals surface area contributed by atoms with Crippen molar-refractivity contribution < 1.29 is 23.3 Å². The third-order valence-electron chi connectivity index (χ3n) is 5.83. The van der Waals surface area contributed by atoms with Crippen molar-refractivity contribution in [3.05, 3.63) is 51.8 Å². The largest absolute Gasteiger partial charge is 0.443 e. The quantitative estimate of drug-likeness (QED) is 0.652. The van der Waals surface area contributed by atoms with E-state index in [1.165, 1.54) is 0 Å². The Morgan fingerprint density at radius 1 is 1.30 bits per heavy atom. The van der Waals surface area contributed by atoms with E-state index in [2.05, 4.69) is 15.5 Å². The highest BCUT2D eigenvalue weighted by Gasteiger charge is 2.56. The summed E-state index contributed by atoms with van der Waals surface area (Å²) in [5.41, 5.74) is 1.93. The number of fused-ring (bicyclic) bond motifs is 2. The van der Waals surface area contributed by atoms with E-state index in [0.29, 0.717) is 65.5 Å². The Labute approximate surface area is 170 Å². The summed E-state index contributed by atoms with van der Waals surface area (Å²) in [6.07, 6.45) is -0.355. The molecule has 1 unspecified atom stereocenters. The third-order valence-corrected chi connectivity index (χ3v) is 5.83. The van der Waals surface area contributed by atoms with Crippen LogP contribution in [0.25, 0.3) is 11.1 Å². The molecule has 10 nitrogen and oxygen atoms in total. The lowest BCUT2D eigenvalue weighted by atomic mass is 10.2. The van der Waals surface area contributed by atoms with Crippen LogP contribution >= 0.6 is 0 Å². The van der Waals surface area contributed by atoms with Crippen LogP contribution in [0.5, 0.6) is 0 Å². The molecule has 0 bridgehead atoms. The first-order valence-electron chi connectivity index (χ1n) is 9.73. The lowest BCUT2D eigenvalue weighted by Crippen LogP contribution is -2.34. The smallest absolute Gasteiger partial charge is 0.417 e. The van der Waals surface area contributed by atoms with Crippen molar-refractivity contribution in [2.75, 3.05) is 19.6 Å². The number of carbonyl (C=O) groups excluding carboxylic acids is 2. The number of likely N-dealkylation sites (tertiary alicyclic amines) is 1. The van der Waals surface area contributed by atoms with Crippen LogP contribution in [0, 0.1) is 24.7 Å². The van der Waals surface area contributed by atoms with Crippen LogP contribution in [-0.4, -0.2) is 46.7 Å². The Morgan fingerprint density at radius 3 is 2.83 bits per heavy atom. The van der Waals surface area contributed by atoms with Gasteiger partial charge in [-0.15, -0.1) is 0 Å². The van der Waals surface area contributed by atoms with Gasteiger partial charge in [-0.1, -0.05) is 5.16 Å². The predicted molar refractivity (Wildman–Crippen MR) is 103 cm³/mol. The molecule has 1 aliphatic heterocycles. The standard InChI is InChI=1S/C20H20N4O6/c1-10-4-12(23-30-10)9-28-20(27)24-7-14-13(15(14)8-24)6-21-18(25)11-2-3-16-17(5-11)29-19(26)22-16/h2-5,13-15H,6-9H2,1H3,(H,21,25)(H,22,26)/t13?,14-,15+. The van der Waals surface area contributed by atoms with Gasteiger partial charge in [-0.05, 0) is 42.9 Å². The number of hydrogen-bond acceptors (Lipinski definition) is 7. The predicted octanol–water partition coefficient (Wildman–Crippen LogP) is 1.66. The van der Waals surface area contributed by atoms with Gasteiger partial charge in [-0.2, -0.15) is 0 Å². The first-order chi connectivity index (χ1) is 14.5. The number of oxazole rings is 1. The van der Waals surface area contributed by atoms with Gasteiger partial charge in [0.05, 0.1) is 5.52 Å². The number of aryl methyl sites for hydroxylation is 1. The van der Waals surface area contributed by atoms with Crippen LogP contribution in [0.15, 0.2) is 38.0 Å². The van der Waals surface area contributed by atoms with Gasteiger partial charge in [0.1, 0.15) is 18.1 Å². The molecule has 2 amide bonds.